The van der Waals surface area contributed by atoms with E-state index in [0.29, 0.717) is 10.8 Å². The molecule has 0 bridgehead atoms. The minimum absolute atomic E-state index is 0.531. The normalized spacial score (nSPS) is 47.6. The Morgan fingerprint density at radius 2 is 1.92 bits per heavy atom. The zero-order valence-electron chi connectivity index (χ0n) is 17.2. The van der Waals surface area contributed by atoms with Gasteiger partial charge in [-0.3, -0.25) is 0 Å². The van der Waals surface area contributed by atoms with Gasteiger partial charge in [-0.2, -0.15) is 0 Å². The molecule has 5 rings (SSSR count). The van der Waals surface area contributed by atoms with Gasteiger partial charge >= 0.3 is 0 Å². The molecule has 144 valence electrons. The molecule has 0 radical (unpaired) electrons. The van der Waals surface area contributed by atoms with Gasteiger partial charge in [-0.15, -0.1) is 0 Å². The van der Waals surface area contributed by atoms with E-state index >= 15 is 0 Å². The molecule has 1 aliphatic heterocycles. The minimum Gasteiger partial charge on any atom is -0.316 e. The molecule has 5 aliphatic rings. The van der Waals surface area contributed by atoms with Crippen molar-refractivity contribution in [2.75, 3.05) is 13.1 Å². The van der Waals surface area contributed by atoms with Gasteiger partial charge in [-0.25, -0.2) is 0 Å². The average molecular weight is 354 g/mol. The van der Waals surface area contributed by atoms with E-state index in [-0.39, 0.29) is 0 Å². The summed E-state index contributed by atoms with van der Waals surface area (Å²) in [7, 11) is 0. The van der Waals surface area contributed by atoms with Crippen LogP contribution in [0.15, 0.2) is 23.3 Å². The van der Waals surface area contributed by atoms with E-state index in [2.05, 4.69) is 31.3 Å². The van der Waals surface area contributed by atoms with Gasteiger partial charge in [-0.1, -0.05) is 43.6 Å². The summed E-state index contributed by atoms with van der Waals surface area (Å²) in [6.07, 6.45) is 21.2. The lowest BCUT2D eigenvalue weighted by Gasteiger charge is -2.57. The highest BCUT2D eigenvalue weighted by molar-refractivity contribution is 5.29. The summed E-state index contributed by atoms with van der Waals surface area (Å²) in [5.41, 5.74) is 4.80. The van der Waals surface area contributed by atoms with Gasteiger partial charge in [0.1, 0.15) is 0 Å². The molecule has 0 amide bonds. The van der Waals surface area contributed by atoms with Crippen molar-refractivity contribution >= 4 is 0 Å². The van der Waals surface area contributed by atoms with Crippen molar-refractivity contribution in [3.05, 3.63) is 23.3 Å². The first kappa shape index (κ1) is 17.5. The molecule has 3 fully saturated rings. The first-order chi connectivity index (χ1) is 12.6. The number of rotatable bonds is 3. The summed E-state index contributed by atoms with van der Waals surface area (Å²) in [5, 5.41) is 3.56. The fraction of sp³-hybridized carbons (Fsp3) is 0.840. The van der Waals surface area contributed by atoms with Gasteiger partial charge in [0.2, 0.25) is 0 Å². The maximum atomic E-state index is 3.56. The topological polar surface area (TPSA) is 12.0 Å². The lowest BCUT2D eigenvalue weighted by atomic mass is 9.47. The van der Waals surface area contributed by atoms with Crippen LogP contribution < -0.4 is 5.32 Å². The molecule has 0 aromatic heterocycles. The van der Waals surface area contributed by atoms with Crippen LogP contribution in [0.25, 0.3) is 0 Å². The summed E-state index contributed by atoms with van der Waals surface area (Å²) in [6.45, 7) is 7.82. The molecular weight excluding hydrogens is 314 g/mol. The van der Waals surface area contributed by atoms with Gasteiger partial charge < -0.3 is 5.32 Å². The van der Waals surface area contributed by atoms with E-state index in [1.807, 2.05) is 11.1 Å². The maximum Gasteiger partial charge on any atom is -0.00199 e. The second-order valence-electron chi connectivity index (χ2n) is 10.8. The molecule has 2 saturated carbocycles. The summed E-state index contributed by atoms with van der Waals surface area (Å²) in [5.74, 6) is 3.82. The Labute approximate surface area is 161 Å². The number of hydrogen-bond acceptors (Lipinski definition) is 1. The Morgan fingerprint density at radius 1 is 1.00 bits per heavy atom. The molecule has 6 atom stereocenters. The van der Waals surface area contributed by atoms with Crippen molar-refractivity contribution in [1.82, 2.24) is 5.32 Å². The van der Waals surface area contributed by atoms with Crippen LogP contribution in [0, 0.1) is 34.5 Å². The van der Waals surface area contributed by atoms with Gasteiger partial charge in [0.25, 0.3) is 0 Å². The largest absolute Gasteiger partial charge is 0.316 e. The first-order valence-corrected chi connectivity index (χ1v) is 11.7. The monoisotopic (exact) mass is 353 g/mol. The molecule has 1 saturated heterocycles. The highest BCUT2D eigenvalue weighted by Crippen LogP contribution is 2.65. The third kappa shape index (κ3) is 2.60. The Morgan fingerprint density at radius 3 is 2.77 bits per heavy atom. The molecule has 1 unspecified atom stereocenters. The second-order valence-corrected chi connectivity index (χ2v) is 10.8. The Hall–Kier alpha value is -0.560. The summed E-state index contributed by atoms with van der Waals surface area (Å²) < 4.78 is 0. The van der Waals surface area contributed by atoms with Crippen molar-refractivity contribution in [1.29, 1.82) is 0 Å². The van der Waals surface area contributed by atoms with Crippen molar-refractivity contribution < 1.29 is 0 Å². The first-order valence-electron chi connectivity index (χ1n) is 11.7. The maximum absolute atomic E-state index is 3.56. The Bertz CT molecular complexity index is 610. The van der Waals surface area contributed by atoms with Crippen LogP contribution in [-0.4, -0.2) is 13.1 Å². The Balaban J connectivity index is 1.33. The average Bonchev–Trinajstić information content (AvgIpc) is 3.26. The van der Waals surface area contributed by atoms with Crippen molar-refractivity contribution in [3.63, 3.8) is 0 Å². The van der Waals surface area contributed by atoms with E-state index < -0.39 is 0 Å². The van der Waals surface area contributed by atoms with Crippen LogP contribution in [0.1, 0.15) is 84.5 Å². The predicted molar refractivity (Wildman–Crippen MR) is 110 cm³/mol. The van der Waals surface area contributed by atoms with Crippen LogP contribution in [0.2, 0.25) is 0 Å². The van der Waals surface area contributed by atoms with E-state index in [0.717, 1.165) is 23.7 Å². The lowest BCUT2D eigenvalue weighted by Crippen LogP contribution is -2.49. The fourth-order valence-electron chi connectivity index (χ4n) is 8.06. The fourth-order valence-corrected chi connectivity index (χ4v) is 8.06. The zero-order valence-corrected chi connectivity index (χ0v) is 17.2. The van der Waals surface area contributed by atoms with Crippen molar-refractivity contribution in [3.8, 4) is 0 Å². The van der Waals surface area contributed by atoms with Crippen LogP contribution in [0.5, 0.6) is 0 Å². The molecule has 26 heavy (non-hydrogen) atoms. The zero-order chi connectivity index (χ0) is 17.8. The lowest BCUT2D eigenvalue weighted by molar-refractivity contribution is -0.0178. The van der Waals surface area contributed by atoms with Gasteiger partial charge in [0.15, 0.2) is 0 Å². The van der Waals surface area contributed by atoms with E-state index in [1.54, 1.807) is 0 Å². The van der Waals surface area contributed by atoms with Crippen LogP contribution in [-0.2, 0) is 0 Å². The molecule has 4 aliphatic carbocycles. The number of nitrogens with one attached hydrogen (secondary N) is 1. The minimum atomic E-state index is 0.531. The molecular formula is C25H39N. The van der Waals surface area contributed by atoms with Gasteiger partial charge in [-0.05, 0) is 112 Å². The van der Waals surface area contributed by atoms with E-state index in [4.69, 9.17) is 0 Å². The second kappa shape index (κ2) is 6.50. The smallest absolute Gasteiger partial charge is 0.00199 e. The summed E-state index contributed by atoms with van der Waals surface area (Å²) in [4.78, 5) is 0. The number of allylic oxidation sites excluding steroid dienone is 4. The molecule has 0 aromatic rings. The molecule has 1 N–H and O–H groups in total. The van der Waals surface area contributed by atoms with E-state index in [9.17, 15) is 0 Å². The number of hydrogen-bond donors (Lipinski definition) is 1. The highest BCUT2D eigenvalue weighted by atomic mass is 14.9. The van der Waals surface area contributed by atoms with Gasteiger partial charge in [0, 0.05) is 0 Å². The summed E-state index contributed by atoms with van der Waals surface area (Å²) in [6, 6.07) is 0. The molecule has 0 spiro atoms. The highest BCUT2D eigenvalue weighted by Gasteiger charge is 2.55. The van der Waals surface area contributed by atoms with Gasteiger partial charge in [0.05, 0.1) is 0 Å². The molecule has 1 heteroatoms. The molecule has 1 nitrogen and oxygen atoms in total. The molecule has 1 heterocycles. The third-order valence-corrected chi connectivity index (χ3v) is 9.74. The van der Waals surface area contributed by atoms with Crippen LogP contribution >= 0.6 is 0 Å². The SMILES string of the molecule is C[C@]12CCCCC1=CC[C@@H]1[C@@H]2CC[C@]2(C)C(CCC3CCNC3)=CC[C@@H]12. The van der Waals surface area contributed by atoms with Crippen molar-refractivity contribution in [2.45, 2.75) is 84.5 Å². The quantitative estimate of drug-likeness (QED) is 0.590. The third-order valence-electron chi connectivity index (χ3n) is 9.74. The van der Waals surface area contributed by atoms with E-state index in [1.165, 1.54) is 83.7 Å². The van der Waals surface area contributed by atoms with Crippen LogP contribution in [0.4, 0.5) is 0 Å². The standard InChI is InChI=1S/C25H39N/c1-24-14-4-3-5-19(24)8-10-21-22-11-9-20(7-6-18-13-16-26-17-18)25(22,2)15-12-23(21)24/h8-9,18,21-23,26H,3-7,10-17H2,1-2H3/t18?,21-,22-,23-,24-,25+/m0/s1. The van der Waals surface area contributed by atoms with Crippen LogP contribution in [0.3, 0.4) is 0 Å². The Kier molecular flexibility index (Phi) is 4.39. The predicted octanol–water partition coefficient (Wildman–Crippen LogP) is 6.27. The summed E-state index contributed by atoms with van der Waals surface area (Å²) >= 11 is 0. The molecule has 0 aromatic carbocycles. The number of fused-ring (bicyclic) bond motifs is 5. The van der Waals surface area contributed by atoms with Crippen molar-refractivity contribution in [2.24, 2.45) is 34.5 Å².